The lowest BCUT2D eigenvalue weighted by Gasteiger charge is -2.08. The van der Waals surface area contributed by atoms with E-state index in [1.54, 1.807) is 12.1 Å². The highest BCUT2D eigenvalue weighted by Crippen LogP contribution is 2.24. The number of benzene rings is 2. The van der Waals surface area contributed by atoms with E-state index >= 15 is 0 Å². The van der Waals surface area contributed by atoms with Gasteiger partial charge < -0.3 is 9.73 Å². The molecule has 3 aromatic rings. The van der Waals surface area contributed by atoms with Crippen molar-refractivity contribution < 1.29 is 8.81 Å². The second-order valence-corrected chi connectivity index (χ2v) is 5.18. The molecule has 22 heavy (non-hydrogen) atoms. The summed E-state index contributed by atoms with van der Waals surface area (Å²) < 4.78 is 18.5. The van der Waals surface area contributed by atoms with E-state index in [9.17, 15) is 4.39 Å². The van der Waals surface area contributed by atoms with Crippen LogP contribution in [-0.4, -0.2) is 10.2 Å². The largest absolute Gasteiger partial charge is 0.419 e. The molecular weight excluding hydrogens is 305 g/mol. The molecule has 0 aliphatic heterocycles. The molecule has 0 aliphatic rings. The summed E-state index contributed by atoms with van der Waals surface area (Å²) in [5.41, 5.74) is 2.55. The van der Waals surface area contributed by atoms with Gasteiger partial charge in [-0.1, -0.05) is 17.7 Å². The highest BCUT2D eigenvalue weighted by atomic mass is 35.5. The van der Waals surface area contributed by atoms with Crippen molar-refractivity contribution in [2.24, 2.45) is 0 Å². The first-order chi connectivity index (χ1) is 10.6. The molecule has 1 aromatic heterocycles. The number of rotatable bonds is 4. The summed E-state index contributed by atoms with van der Waals surface area (Å²) in [6.45, 7) is 2.32. The maximum absolute atomic E-state index is 12.9. The number of aromatic nitrogens is 2. The van der Waals surface area contributed by atoms with E-state index in [0.717, 1.165) is 11.3 Å². The van der Waals surface area contributed by atoms with Crippen LogP contribution in [0, 0.1) is 12.7 Å². The maximum atomic E-state index is 12.9. The van der Waals surface area contributed by atoms with Gasteiger partial charge in [0.2, 0.25) is 11.8 Å². The van der Waals surface area contributed by atoms with Crippen LogP contribution in [0.3, 0.4) is 0 Å². The zero-order valence-electron chi connectivity index (χ0n) is 11.8. The van der Waals surface area contributed by atoms with Gasteiger partial charge in [-0.3, -0.25) is 0 Å². The molecule has 0 fully saturated rings. The lowest BCUT2D eigenvalue weighted by Crippen LogP contribution is -2.01. The molecule has 0 saturated carbocycles. The van der Waals surface area contributed by atoms with Crippen LogP contribution in [0.2, 0.25) is 5.02 Å². The van der Waals surface area contributed by atoms with Gasteiger partial charge in [0.1, 0.15) is 5.82 Å². The Morgan fingerprint density at radius 3 is 2.68 bits per heavy atom. The van der Waals surface area contributed by atoms with Crippen LogP contribution in [-0.2, 0) is 6.54 Å². The summed E-state index contributed by atoms with van der Waals surface area (Å²) in [6, 6.07) is 11.5. The van der Waals surface area contributed by atoms with Crippen molar-refractivity contribution in [2.45, 2.75) is 13.5 Å². The normalized spacial score (nSPS) is 10.7. The van der Waals surface area contributed by atoms with Crippen LogP contribution < -0.4 is 5.32 Å². The number of nitrogens with one attached hydrogen (secondary N) is 1. The molecule has 0 atom stereocenters. The van der Waals surface area contributed by atoms with Crippen molar-refractivity contribution in [3.05, 3.63) is 64.8 Å². The van der Waals surface area contributed by atoms with E-state index < -0.39 is 0 Å². The standard InChI is InChI=1S/C16H13ClFN3O/c1-10-13(17)3-2-4-14(10)19-9-15-20-21-16(22-15)11-5-7-12(18)8-6-11/h2-8,19H,9H2,1H3. The summed E-state index contributed by atoms with van der Waals surface area (Å²) in [7, 11) is 0. The van der Waals surface area contributed by atoms with E-state index in [1.807, 2.05) is 25.1 Å². The third-order valence-electron chi connectivity index (χ3n) is 3.26. The Hall–Kier alpha value is -2.40. The van der Waals surface area contributed by atoms with Crippen molar-refractivity contribution in [1.82, 2.24) is 10.2 Å². The van der Waals surface area contributed by atoms with Gasteiger partial charge in [0.15, 0.2) is 0 Å². The molecular formula is C16H13ClFN3O. The average molecular weight is 318 g/mol. The molecule has 1 heterocycles. The van der Waals surface area contributed by atoms with Crippen LogP contribution in [0.15, 0.2) is 46.9 Å². The Morgan fingerprint density at radius 1 is 1.14 bits per heavy atom. The van der Waals surface area contributed by atoms with Gasteiger partial charge in [-0.05, 0) is 48.9 Å². The molecule has 0 aliphatic carbocycles. The predicted octanol–water partition coefficient (Wildman–Crippen LogP) is 4.45. The van der Waals surface area contributed by atoms with Gasteiger partial charge in [-0.25, -0.2) is 4.39 Å². The zero-order chi connectivity index (χ0) is 15.5. The highest BCUT2D eigenvalue weighted by molar-refractivity contribution is 6.31. The smallest absolute Gasteiger partial charge is 0.247 e. The minimum absolute atomic E-state index is 0.304. The van der Waals surface area contributed by atoms with E-state index in [2.05, 4.69) is 15.5 Å². The lowest BCUT2D eigenvalue weighted by atomic mass is 10.2. The molecule has 0 radical (unpaired) electrons. The second kappa shape index (κ2) is 6.15. The first-order valence-electron chi connectivity index (χ1n) is 6.71. The average Bonchev–Trinajstić information content (AvgIpc) is 2.98. The number of halogens is 2. The molecule has 6 heteroatoms. The maximum Gasteiger partial charge on any atom is 0.247 e. The van der Waals surface area contributed by atoms with Gasteiger partial charge >= 0.3 is 0 Å². The predicted molar refractivity (Wildman–Crippen MR) is 83.2 cm³/mol. The molecule has 0 spiro atoms. The van der Waals surface area contributed by atoms with Crippen molar-refractivity contribution in [3.8, 4) is 11.5 Å². The fraction of sp³-hybridized carbons (Fsp3) is 0.125. The molecule has 0 unspecified atom stereocenters. The molecule has 0 amide bonds. The first kappa shape index (κ1) is 14.5. The van der Waals surface area contributed by atoms with Gasteiger partial charge in [0.05, 0.1) is 6.54 Å². The topological polar surface area (TPSA) is 51.0 Å². The number of anilines is 1. The Kier molecular flexibility index (Phi) is 4.06. The van der Waals surface area contributed by atoms with Crippen LogP contribution in [0.4, 0.5) is 10.1 Å². The fourth-order valence-electron chi connectivity index (χ4n) is 2.00. The van der Waals surface area contributed by atoms with Gasteiger partial charge in [-0.15, -0.1) is 10.2 Å². The fourth-order valence-corrected chi connectivity index (χ4v) is 2.18. The summed E-state index contributed by atoms with van der Waals surface area (Å²) in [6.07, 6.45) is 0. The molecule has 3 rings (SSSR count). The lowest BCUT2D eigenvalue weighted by molar-refractivity contribution is 0.515. The van der Waals surface area contributed by atoms with Crippen molar-refractivity contribution in [1.29, 1.82) is 0 Å². The molecule has 0 bridgehead atoms. The highest BCUT2D eigenvalue weighted by Gasteiger charge is 2.09. The second-order valence-electron chi connectivity index (χ2n) is 4.77. The summed E-state index contributed by atoms with van der Waals surface area (Å²) in [5.74, 6) is 0.500. The van der Waals surface area contributed by atoms with E-state index in [4.69, 9.17) is 16.0 Å². The minimum Gasteiger partial charge on any atom is -0.419 e. The Morgan fingerprint density at radius 2 is 1.91 bits per heavy atom. The Labute approximate surface area is 131 Å². The van der Waals surface area contributed by atoms with Crippen LogP contribution >= 0.6 is 11.6 Å². The SMILES string of the molecule is Cc1c(Cl)cccc1NCc1nnc(-c2ccc(F)cc2)o1. The summed E-state index contributed by atoms with van der Waals surface area (Å²) in [5, 5.41) is 11.8. The van der Waals surface area contributed by atoms with Gasteiger partial charge in [-0.2, -0.15) is 0 Å². The third kappa shape index (κ3) is 3.09. The zero-order valence-corrected chi connectivity index (χ0v) is 12.6. The third-order valence-corrected chi connectivity index (χ3v) is 3.67. The van der Waals surface area contributed by atoms with E-state index in [0.29, 0.717) is 28.9 Å². The van der Waals surface area contributed by atoms with Crippen LogP contribution in [0.1, 0.15) is 11.5 Å². The number of hydrogen-bond acceptors (Lipinski definition) is 4. The molecule has 112 valence electrons. The molecule has 4 nitrogen and oxygen atoms in total. The molecule has 1 N–H and O–H groups in total. The Bertz CT molecular complexity index is 786. The number of nitrogens with zero attached hydrogens (tertiary/aromatic N) is 2. The van der Waals surface area contributed by atoms with Crippen molar-refractivity contribution >= 4 is 17.3 Å². The quantitative estimate of drug-likeness (QED) is 0.772. The van der Waals surface area contributed by atoms with Gasteiger partial charge in [0.25, 0.3) is 0 Å². The minimum atomic E-state index is -0.304. The van der Waals surface area contributed by atoms with Gasteiger partial charge in [0, 0.05) is 16.3 Å². The van der Waals surface area contributed by atoms with E-state index in [-0.39, 0.29) is 5.82 Å². The number of hydrogen-bond donors (Lipinski definition) is 1. The van der Waals surface area contributed by atoms with Crippen molar-refractivity contribution in [2.75, 3.05) is 5.32 Å². The summed E-state index contributed by atoms with van der Waals surface area (Å²) >= 11 is 6.07. The summed E-state index contributed by atoms with van der Waals surface area (Å²) in [4.78, 5) is 0. The monoisotopic (exact) mass is 317 g/mol. The van der Waals surface area contributed by atoms with Crippen molar-refractivity contribution in [3.63, 3.8) is 0 Å². The van der Waals surface area contributed by atoms with Crippen LogP contribution in [0.25, 0.3) is 11.5 Å². The van der Waals surface area contributed by atoms with E-state index in [1.165, 1.54) is 12.1 Å². The van der Waals surface area contributed by atoms with Crippen LogP contribution in [0.5, 0.6) is 0 Å². The molecule has 2 aromatic carbocycles. The first-order valence-corrected chi connectivity index (χ1v) is 7.08. The molecule has 0 saturated heterocycles. The Balaban J connectivity index is 1.72.